The molecule has 2 aromatic rings. The number of aromatic amines is 1. The van der Waals surface area contributed by atoms with Gasteiger partial charge in [0, 0.05) is 28.9 Å². The van der Waals surface area contributed by atoms with E-state index in [0.29, 0.717) is 17.4 Å². The van der Waals surface area contributed by atoms with Crippen molar-refractivity contribution in [2.45, 2.75) is 18.9 Å². The van der Waals surface area contributed by atoms with Crippen molar-refractivity contribution in [3.05, 3.63) is 30.0 Å². The molecule has 1 aromatic heterocycles. The summed E-state index contributed by atoms with van der Waals surface area (Å²) in [7, 11) is -3.07. The van der Waals surface area contributed by atoms with Crippen LogP contribution in [0, 0.1) is 0 Å². The summed E-state index contributed by atoms with van der Waals surface area (Å²) in [6.45, 7) is 0. The van der Waals surface area contributed by atoms with Crippen LogP contribution < -0.4 is 10.6 Å². The molecule has 3 rings (SSSR count). The van der Waals surface area contributed by atoms with Gasteiger partial charge in [-0.25, -0.2) is 8.42 Å². The van der Waals surface area contributed by atoms with Gasteiger partial charge >= 0.3 is 0 Å². The van der Waals surface area contributed by atoms with Crippen LogP contribution in [0.1, 0.15) is 23.3 Å². The second kappa shape index (κ2) is 5.07. The van der Waals surface area contributed by atoms with Gasteiger partial charge in [0.05, 0.1) is 0 Å². The molecule has 7 heteroatoms. The minimum atomic E-state index is -3.07. The highest BCUT2D eigenvalue weighted by Crippen LogP contribution is 2.22. The van der Waals surface area contributed by atoms with E-state index in [2.05, 4.69) is 15.6 Å². The largest absolute Gasteiger partial charge is 0.372 e. The molecule has 1 fully saturated rings. The van der Waals surface area contributed by atoms with Crippen molar-refractivity contribution in [3.8, 4) is 0 Å². The molecule has 1 aliphatic rings. The number of rotatable bonds is 5. The van der Waals surface area contributed by atoms with Crippen molar-refractivity contribution in [1.29, 1.82) is 0 Å². The van der Waals surface area contributed by atoms with E-state index in [4.69, 9.17) is 0 Å². The number of anilines is 1. The fourth-order valence-electron chi connectivity index (χ4n) is 2.07. The number of sulfone groups is 1. The van der Waals surface area contributed by atoms with E-state index in [-0.39, 0.29) is 11.8 Å². The van der Waals surface area contributed by atoms with Crippen LogP contribution in [0.15, 0.2) is 24.3 Å². The van der Waals surface area contributed by atoms with Gasteiger partial charge in [0.2, 0.25) is 0 Å². The number of H-pyrrole nitrogens is 1. The predicted octanol–water partition coefficient (Wildman–Crippen LogP) is 1.47. The van der Waals surface area contributed by atoms with E-state index in [1.54, 1.807) is 12.1 Å². The molecule has 1 amide bonds. The Bertz CT molecular complexity index is 791. The Kier molecular flexibility index (Phi) is 3.36. The number of carbonyl (C=O) groups is 1. The van der Waals surface area contributed by atoms with Crippen molar-refractivity contribution in [2.75, 3.05) is 17.4 Å². The lowest BCUT2D eigenvalue weighted by Gasteiger charge is -2.04. The molecule has 21 heavy (non-hydrogen) atoms. The molecule has 0 unspecified atom stereocenters. The van der Waals surface area contributed by atoms with E-state index in [1.807, 2.05) is 12.1 Å². The van der Waals surface area contributed by atoms with E-state index in [1.165, 1.54) is 6.26 Å². The molecule has 1 heterocycles. The summed E-state index contributed by atoms with van der Waals surface area (Å²) in [6, 6.07) is 7.53. The van der Waals surface area contributed by atoms with E-state index in [9.17, 15) is 13.2 Å². The van der Waals surface area contributed by atoms with Gasteiger partial charge in [-0.15, -0.1) is 0 Å². The lowest BCUT2D eigenvalue weighted by atomic mass is 10.2. The quantitative estimate of drug-likeness (QED) is 0.780. The van der Waals surface area contributed by atoms with Gasteiger partial charge in [0.25, 0.3) is 5.91 Å². The monoisotopic (exact) mass is 307 g/mol. The van der Waals surface area contributed by atoms with E-state index >= 15 is 0 Å². The van der Waals surface area contributed by atoms with Crippen molar-refractivity contribution in [3.63, 3.8) is 0 Å². The summed E-state index contributed by atoms with van der Waals surface area (Å²) in [5.41, 5.74) is 2.08. The van der Waals surface area contributed by atoms with E-state index < -0.39 is 9.84 Å². The molecule has 0 bridgehead atoms. The molecule has 3 N–H and O–H groups in total. The number of nitrogens with one attached hydrogen (secondary N) is 3. The summed E-state index contributed by atoms with van der Waals surface area (Å²) in [5, 5.41) is 6.65. The highest BCUT2D eigenvalue weighted by Gasteiger charge is 2.24. The minimum absolute atomic E-state index is 0.0978. The second-order valence-electron chi connectivity index (χ2n) is 5.48. The lowest BCUT2D eigenvalue weighted by Crippen LogP contribution is -2.25. The van der Waals surface area contributed by atoms with Crippen LogP contribution in [-0.4, -0.2) is 37.5 Å². The van der Waals surface area contributed by atoms with Crippen molar-refractivity contribution >= 4 is 32.3 Å². The Morgan fingerprint density at radius 3 is 2.76 bits per heavy atom. The Balaban J connectivity index is 1.79. The fraction of sp³-hybridized carbons (Fsp3) is 0.357. The Morgan fingerprint density at radius 2 is 2.10 bits per heavy atom. The lowest BCUT2D eigenvalue weighted by molar-refractivity contribution is 0.0947. The molecule has 0 atom stereocenters. The van der Waals surface area contributed by atoms with Gasteiger partial charge in [0.15, 0.2) is 9.84 Å². The zero-order chi connectivity index (χ0) is 15.0. The fourth-order valence-corrected chi connectivity index (χ4v) is 2.50. The van der Waals surface area contributed by atoms with Crippen molar-refractivity contribution < 1.29 is 13.2 Å². The summed E-state index contributed by atoms with van der Waals surface area (Å²) in [5.74, 6) is -0.211. The van der Waals surface area contributed by atoms with Gasteiger partial charge < -0.3 is 15.6 Å². The predicted molar refractivity (Wildman–Crippen MR) is 82.1 cm³/mol. The van der Waals surface area contributed by atoms with Crippen LogP contribution in [0.2, 0.25) is 0 Å². The number of fused-ring (bicyclic) bond motifs is 1. The maximum Gasteiger partial charge on any atom is 0.267 e. The number of hydrogen-bond donors (Lipinski definition) is 3. The maximum absolute atomic E-state index is 12.0. The standard InChI is InChI=1S/C14H17N3O3S/c1-21(19,20)8-15-11-4-5-12-9(6-11)7-13(17-12)14(18)16-10-2-3-10/h4-7,10,15,17H,2-3,8H2,1H3,(H,16,18). The molecule has 112 valence electrons. The van der Waals surface area contributed by atoms with Crippen LogP contribution in [0.5, 0.6) is 0 Å². The SMILES string of the molecule is CS(=O)(=O)CNc1ccc2[nH]c(C(=O)NC3CC3)cc2c1. The summed E-state index contributed by atoms with van der Waals surface area (Å²) < 4.78 is 22.3. The van der Waals surface area contributed by atoms with Gasteiger partial charge in [0.1, 0.15) is 11.6 Å². The maximum atomic E-state index is 12.0. The van der Waals surface area contributed by atoms with Gasteiger partial charge in [-0.1, -0.05) is 0 Å². The highest BCUT2D eigenvalue weighted by molar-refractivity contribution is 7.90. The van der Waals surface area contributed by atoms with Crippen LogP contribution in [0.4, 0.5) is 5.69 Å². The molecular formula is C14H17N3O3S. The highest BCUT2D eigenvalue weighted by atomic mass is 32.2. The number of carbonyl (C=O) groups excluding carboxylic acids is 1. The van der Waals surface area contributed by atoms with Gasteiger partial charge in [-0.2, -0.15) is 0 Å². The average molecular weight is 307 g/mol. The molecule has 0 aliphatic heterocycles. The number of benzene rings is 1. The van der Waals surface area contributed by atoms with Gasteiger partial charge in [-0.3, -0.25) is 4.79 Å². The molecular weight excluding hydrogens is 290 g/mol. The van der Waals surface area contributed by atoms with Crippen LogP contribution >= 0.6 is 0 Å². The number of hydrogen-bond acceptors (Lipinski definition) is 4. The minimum Gasteiger partial charge on any atom is -0.372 e. The molecule has 1 aliphatic carbocycles. The van der Waals surface area contributed by atoms with Crippen molar-refractivity contribution in [2.24, 2.45) is 0 Å². The first-order valence-electron chi connectivity index (χ1n) is 6.76. The third-order valence-electron chi connectivity index (χ3n) is 3.32. The average Bonchev–Trinajstić information content (AvgIpc) is 3.11. The van der Waals surface area contributed by atoms with Crippen molar-refractivity contribution in [1.82, 2.24) is 10.3 Å². The summed E-state index contributed by atoms with van der Waals surface area (Å²) in [4.78, 5) is 15.0. The Labute approximate surface area is 122 Å². The Hall–Kier alpha value is -2.02. The number of aromatic nitrogens is 1. The molecule has 0 radical (unpaired) electrons. The second-order valence-corrected chi connectivity index (χ2v) is 7.62. The third kappa shape index (κ3) is 3.55. The van der Waals surface area contributed by atoms with Gasteiger partial charge in [-0.05, 0) is 37.1 Å². The smallest absolute Gasteiger partial charge is 0.267 e. The van der Waals surface area contributed by atoms with Crippen LogP contribution in [0.3, 0.4) is 0 Å². The molecule has 0 saturated heterocycles. The topological polar surface area (TPSA) is 91.1 Å². The molecule has 0 spiro atoms. The summed E-state index contributed by atoms with van der Waals surface area (Å²) >= 11 is 0. The summed E-state index contributed by atoms with van der Waals surface area (Å²) in [6.07, 6.45) is 3.27. The van der Waals surface area contributed by atoms with Crippen LogP contribution in [0.25, 0.3) is 10.9 Å². The van der Waals surface area contributed by atoms with E-state index in [0.717, 1.165) is 23.7 Å². The Morgan fingerprint density at radius 1 is 1.33 bits per heavy atom. The van der Waals surface area contributed by atoms with Crippen LogP contribution in [-0.2, 0) is 9.84 Å². The zero-order valence-electron chi connectivity index (χ0n) is 11.6. The first-order chi connectivity index (χ1) is 9.90. The normalized spacial score (nSPS) is 15.1. The first kappa shape index (κ1) is 13.9. The molecule has 1 saturated carbocycles. The third-order valence-corrected chi connectivity index (χ3v) is 3.99. The molecule has 1 aromatic carbocycles. The number of amides is 1. The molecule has 6 nitrogen and oxygen atoms in total. The zero-order valence-corrected chi connectivity index (χ0v) is 12.5. The first-order valence-corrected chi connectivity index (χ1v) is 8.82.